The molecule has 0 heterocycles. The maximum absolute atomic E-state index is 8.87. The van der Waals surface area contributed by atoms with Crippen molar-refractivity contribution in [2.24, 2.45) is 0 Å². The van der Waals surface area contributed by atoms with Gasteiger partial charge in [-0.3, -0.25) is 0 Å². The molecule has 0 saturated heterocycles. The summed E-state index contributed by atoms with van der Waals surface area (Å²) in [6.45, 7) is 0. The van der Waals surface area contributed by atoms with Crippen LogP contribution in [0.1, 0.15) is 0 Å². The molecule has 2 radical (unpaired) electrons. The van der Waals surface area contributed by atoms with E-state index in [1.165, 1.54) is 0 Å². The molecule has 0 atom stereocenters. The normalized spacial score (nSPS) is 8.29. The van der Waals surface area contributed by atoms with Gasteiger partial charge in [-0.1, -0.05) is 0 Å². The van der Waals surface area contributed by atoms with Gasteiger partial charge in [0.05, 0.1) is 0 Å². The van der Waals surface area contributed by atoms with Crippen LogP contribution in [0.2, 0.25) is 0 Å². The molecular formula is H2Na2O4W. The van der Waals surface area contributed by atoms with E-state index >= 15 is 0 Å². The van der Waals surface area contributed by atoms with Crippen LogP contribution in [0.5, 0.6) is 0 Å². The molecule has 0 amide bonds. The molecule has 2 N–H and O–H groups in total. The third-order valence-electron chi connectivity index (χ3n) is 0. The van der Waals surface area contributed by atoms with Crippen molar-refractivity contribution in [3.05, 3.63) is 0 Å². The first kappa shape index (κ1) is 16.1. The Morgan fingerprint density at radius 2 is 1.00 bits per heavy atom. The molecule has 4 nitrogen and oxygen atoms in total. The first-order chi connectivity index (χ1) is 2.00. The zero-order chi connectivity index (χ0) is 4.50. The van der Waals surface area contributed by atoms with E-state index in [1.54, 1.807) is 0 Å². The van der Waals surface area contributed by atoms with Crippen molar-refractivity contribution in [1.29, 1.82) is 0 Å². The Labute approximate surface area is 88.6 Å². The van der Waals surface area contributed by atoms with Crippen LogP contribution >= 0.6 is 0 Å². The third-order valence-corrected chi connectivity index (χ3v) is 0. The summed E-state index contributed by atoms with van der Waals surface area (Å²) in [6, 6.07) is 0. The van der Waals surface area contributed by atoms with E-state index in [9.17, 15) is 0 Å². The van der Waals surface area contributed by atoms with Gasteiger partial charge in [0.1, 0.15) is 0 Å². The van der Waals surface area contributed by atoms with Gasteiger partial charge >= 0.3 is 31.1 Å². The van der Waals surface area contributed by atoms with E-state index in [2.05, 4.69) is 0 Å². The number of rotatable bonds is 0. The van der Waals surface area contributed by atoms with Crippen molar-refractivity contribution in [3.8, 4) is 0 Å². The van der Waals surface area contributed by atoms with E-state index in [-0.39, 0.29) is 59.1 Å². The summed E-state index contributed by atoms with van der Waals surface area (Å²) in [5, 5.41) is 0. The Morgan fingerprint density at radius 3 is 1.00 bits per heavy atom. The summed E-state index contributed by atoms with van der Waals surface area (Å²) < 4.78 is 32.1. The Morgan fingerprint density at radius 1 is 1.00 bits per heavy atom. The zero-order valence-electron chi connectivity index (χ0n) is 4.12. The van der Waals surface area contributed by atoms with Crippen LogP contribution in [-0.4, -0.2) is 66.6 Å². The minimum atomic E-state index is -5.67. The van der Waals surface area contributed by atoms with E-state index < -0.39 is 16.7 Å². The molecule has 0 unspecified atom stereocenters. The molecule has 0 aliphatic heterocycles. The van der Waals surface area contributed by atoms with Crippen LogP contribution in [-0.2, 0) is 23.5 Å². The Bertz CT molecular complexity index is 92.9. The predicted octanol–water partition coefficient (Wildman–Crippen LogP) is -2.12. The SMILES string of the molecule is [Na].[Na].[O]=[W](=[O])([OH])[OH]. The van der Waals surface area contributed by atoms with Crippen LogP contribution in [0, 0.1) is 0 Å². The first-order valence-corrected chi connectivity index (χ1v) is 5.72. The van der Waals surface area contributed by atoms with Crippen molar-refractivity contribution in [2.45, 2.75) is 0 Å². The topological polar surface area (TPSA) is 74.6 Å². The maximum atomic E-state index is 8.87. The molecule has 0 aliphatic carbocycles. The second-order valence-corrected chi connectivity index (χ2v) is 3.67. The molecule has 0 aromatic carbocycles. The molecule has 7 heavy (non-hydrogen) atoms. The van der Waals surface area contributed by atoms with Crippen LogP contribution in [0.3, 0.4) is 0 Å². The average Bonchev–Trinajstić information content (AvgIpc) is 0.722. The van der Waals surface area contributed by atoms with Crippen molar-refractivity contribution >= 4 is 59.1 Å². The molecule has 34 valence electrons. The van der Waals surface area contributed by atoms with Gasteiger partial charge < -0.3 is 0 Å². The minimum absolute atomic E-state index is 0. The molecule has 0 saturated carbocycles. The monoisotopic (exact) mass is 296 g/mol. The van der Waals surface area contributed by atoms with Crippen molar-refractivity contribution in [2.75, 3.05) is 0 Å². The number of hydrogen-bond donors (Lipinski definition) is 2. The van der Waals surface area contributed by atoms with E-state index in [0.29, 0.717) is 0 Å². The summed E-state index contributed by atoms with van der Waals surface area (Å²) in [5.74, 6) is 0. The Balaban J connectivity index is -0.0000000800. The standard InChI is InChI=1S/2Na.2H2O.2O.W/h;;2*1H2;;;/q;;;;;;+2/p-2. The van der Waals surface area contributed by atoms with Crippen LogP contribution in [0.4, 0.5) is 0 Å². The van der Waals surface area contributed by atoms with E-state index in [0.717, 1.165) is 0 Å². The summed E-state index contributed by atoms with van der Waals surface area (Å²) in [7, 11) is 0. The van der Waals surface area contributed by atoms with Crippen LogP contribution < -0.4 is 0 Å². The Hall–Kier alpha value is 2.21. The van der Waals surface area contributed by atoms with Crippen molar-refractivity contribution < 1.29 is 31.1 Å². The fourth-order valence-electron chi connectivity index (χ4n) is 0. The molecule has 0 aliphatic rings. The molecule has 0 aromatic rings. The average molecular weight is 296 g/mol. The van der Waals surface area contributed by atoms with Crippen LogP contribution in [0.15, 0.2) is 0 Å². The summed E-state index contributed by atoms with van der Waals surface area (Å²) in [5.41, 5.74) is 0. The van der Waals surface area contributed by atoms with Crippen LogP contribution in [0.25, 0.3) is 0 Å². The summed E-state index contributed by atoms with van der Waals surface area (Å²) >= 11 is -5.67. The molecule has 0 bridgehead atoms. The van der Waals surface area contributed by atoms with Gasteiger partial charge in [-0.25, -0.2) is 0 Å². The van der Waals surface area contributed by atoms with Gasteiger partial charge in [-0.15, -0.1) is 0 Å². The third kappa shape index (κ3) is 64.9. The zero-order valence-corrected chi connectivity index (χ0v) is 11.1. The van der Waals surface area contributed by atoms with Gasteiger partial charge in [-0.2, -0.15) is 0 Å². The molecule has 7 heteroatoms. The predicted molar refractivity (Wildman–Crippen MR) is 17.3 cm³/mol. The van der Waals surface area contributed by atoms with Crippen molar-refractivity contribution in [1.82, 2.24) is 0 Å². The summed E-state index contributed by atoms with van der Waals surface area (Å²) in [4.78, 5) is 0. The molecule has 0 fully saturated rings. The molecule has 0 spiro atoms. The fourth-order valence-corrected chi connectivity index (χ4v) is 0. The molecular weight excluding hydrogens is 294 g/mol. The second kappa shape index (κ2) is 6.33. The molecule has 0 aromatic heterocycles. The first-order valence-electron chi connectivity index (χ1n) is 0.698. The van der Waals surface area contributed by atoms with E-state index in [1.807, 2.05) is 0 Å². The second-order valence-electron chi connectivity index (χ2n) is 0.448. The van der Waals surface area contributed by atoms with Gasteiger partial charge in [0.25, 0.3) is 0 Å². The van der Waals surface area contributed by atoms with E-state index in [4.69, 9.17) is 14.3 Å². The van der Waals surface area contributed by atoms with Gasteiger partial charge in [0.15, 0.2) is 0 Å². The fraction of sp³-hybridized carbons (Fsp3) is 0. The van der Waals surface area contributed by atoms with Crippen molar-refractivity contribution in [3.63, 3.8) is 0 Å². The number of hydrogen-bond acceptors (Lipinski definition) is 2. The van der Waals surface area contributed by atoms with Gasteiger partial charge in [0.2, 0.25) is 0 Å². The van der Waals surface area contributed by atoms with Gasteiger partial charge in [-0.05, 0) is 0 Å². The molecule has 0 rings (SSSR count). The van der Waals surface area contributed by atoms with Gasteiger partial charge in [0, 0.05) is 59.1 Å². The quantitative estimate of drug-likeness (QED) is 0.502. The summed E-state index contributed by atoms with van der Waals surface area (Å²) in [6.07, 6.45) is 0. The Kier molecular flexibility index (Phi) is 14.6.